The summed E-state index contributed by atoms with van der Waals surface area (Å²) in [6.07, 6.45) is 0.0826. The summed E-state index contributed by atoms with van der Waals surface area (Å²) in [5.41, 5.74) is 2.63. The third-order valence-corrected chi connectivity index (χ3v) is 5.01. The first-order valence-electron chi connectivity index (χ1n) is 8.99. The Morgan fingerprint density at radius 3 is 2.75 bits per heavy atom. The van der Waals surface area contributed by atoms with Crippen LogP contribution in [0.15, 0.2) is 28.8 Å². The molecule has 0 radical (unpaired) electrons. The van der Waals surface area contributed by atoms with Gasteiger partial charge in [-0.1, -0.05) is 16.8 Å². The Balaban J connectivity index is 1.53. The maximum absolute atomic E-state index is 12.9. The Morgan fingerprint density at radius 2 is 2.07 bits per heavy atom. The number of rotatable bonds is 4. The lowest BCUT2D eigenvalue weighted by molar-refractivity contribution is -0.138. The molecule has 0 bridgehead atoms. The Hall–Kier alpha value is -2.87. The summed E-state index contributed by atoms with van der Waals surface area (Å²) < 4.78 is 12.9. The topological polar surface area (TPSA) is 86.3 Å². The molecule has 2 aromatic heterocycles. The third kappa shape index (κ3) is 3.47. The van der Waals surface area contributed by atoms with Crippen LogP contribution < -0.4 is 4.74 Å². The highest BCUT2D eigenvalue weighted by Gasteiger charge is 2.31. The van der Waals surface area contributed by atoms with Gasteiger partial charge in [0.05, 0.1) is 0 Å². The van der Waals surface area contributed by atoms with Crippen LogP contribution in [0.5, 0.6) is 5.75 Å². The molecule has 1 atom stereocenters. The number of fused-ring (bicyclic) bond motifs is 1. The van der Waals surface area contributed by atoms with Crippen LogP contribution in [-0.2, 0) is 24.8 Å². The van der Waals surface area contributed by atoms with Gasteiger partial charge >= 0.3 is 0 Å². The highest BCUT2D eigenvalue weighted by atomic mass is 35.5. The number of benzene rings is 1. The molecule has 4 rings (SSSR count). The lowest BCUT2D eigenvalue weighted by Gasteiger charge is -2.29. The molecule has 0 fully saturated rings. The van der Waals surface area contributed by atoms with Crippen molar-refractivity contribution in [1.29, 1.82) is 0 Å². The van der Waals surface area contributed by atoms with Crippen molar-refractivity contribution < 1.29 is 14.1 Å². The zero-order valence-electron chi connectivity index (χ0n) is 15.8. The van der Waals surface area contributed by atoms with E-state index in [0.29, 0.717) is 47.7 Å². The molecular formula is C19H20ClN5O3. The fourth-order valence-corrected chi connectivity index (χ4v) is 3.50. The van der Waals surface area contributed by atoms with Crippen LogP contribution in [0.1, 0.15) is 24.0 Å². The predicted molar refractivity (Wildman–Crippen MR) is 102 cm³/mol. The highest BCUT2D eigenvalue weighted by Crippen LogP contribution is 2.29. The van der Waals surface area contributed by atoms with Crippen molar-refractivity contribution in [3.63, 3.8) is 0 Å². The number of hydrogen-bond acceptors (Lipinski definition) is 6. The van der Waals surface area contributed by atoms with E-state index >= 15 is 0 Å². The van der Waals surface area contributed by atoms with Crippen LogP contribution >= 0.6 is 11.6 Å². The van der Waals surface area contributed by atoms with Crippen molar-refractivity contribution in [2.45, 2.75) is 32.9 Å². The minimum atomic E-state index is -0.617. The summed E-state index contributed by atoms with van der Waals surface area (Å²) in [7, 11) is 1.88. The summed E-state index contributed by atoms with van der Waals surface area (Å²) in [4.78, 5) is 19.0. The SMILES string of the molecule is Cc1noc(-c2nn(C)c3c2CN(C(=O)[C@@H](C)Oc2ccc(Cl)cc2)CC3)n1. The van der Waals surface area contributed by atoms with Gasteiger partial charge < -0.3 is 14.2 Å². The number of carbonyl (C=O) groups is 1. The van der Waals surface area contributed by atoms with Gasteiger partial charge in [0.15, 0.2) is 17.6 Å². The molecule has 0 saturated carbocycles. The van der Waals surface area contributed by atoms with E-state index in [1.807, 2.05) is 11.7 Å². The summed E-state index contributed by atoms with van der Waals surface area (Å²) in [5.74, 6) is 1.43. The van der Waals surface area contributed by atoms with Crippen LogP contribution in [0.3, 0.4) is 0 Å². The molecule has 146 valence electrons. The summed E-state index contributed by atoms with van der Waals surface area (Å²) in [6.45, 7) is 4.53. The highest BCUT2D eigenvalue weighted by molar-refractivity contribution is 6.30. The second-order valence-corrected chi connectivity index (χ2v) is 7.20. The van der Waals surface area contributed by atoms with Gasteiger partial charge in [-0.15, -0.1) is 0 Å². The van der Waals surface area contributed by atoms with Gasteiger partial charge in [-0.25, -0.2) is 0 Å². The molecule has 1 amide bonds. The molecule has 9 heteroatoms. The summed E-state index contributed by atoms with van der Waals surface area (Å²) in [5, 5.41) is 8.99. The van der Waals surface area contributed by atoms with Gasteiger partial charge in [0, 0.05) is 42.8 Å². The van der Waals surface area contributed by atoms with Crippen molar-refractivity contribution in [3.8, 4) is 17.3 Å². The van der Waals surface area contributed by atoms with Gasteiger partial charge in [0.1, 0.15) is 5.75 Å². The summed E-state index contributed by atoms with van der Waals surface area (Å²) >= 11 is 5.89. The van der Waals surface area contributed by atoms with E-state index in [1.54, 1.807) is 43.0 Å². The van der Waals surface area contributed by atoms with Crippen molar-refractivity contribution in [3.05, 3.63) is 46.4 Å². The average Bonchev–Trinajstić information content (AvgIpc) is 3.26. The van der Waals surface area contributed by atoms with Gasteiger partial charge in [0.25, 0.3) is 11.8 Å². The number of aromatic nitrogens is 4. The lowest BCUT2D eigenvalue weighted by Crippen LogP contribution is -2.43. The molecule has 0 unspecified atom stereocenters. The Bertz CT molecular complexity index is 1010. The first-order valence-corrected chi connectivity index (χ1v) is 9.36. The number of nitrogens with zero attached hydrogens (tertiary/aromatic N) is 5. The normalized spacial score (nSPS) is 14.6. The standard InChI is InChI=1S/C19H20ClN5O3/c1-11(27-14-6-4-13(20)5-7-14)19(26)25-9-8-16-15(10-25)17(22-24(16)3)18-21-12(2)23-28-18/h4-7,11H,8-10H2,1-3H3/t11-/m1/s1. The maximum atomic E-state index is 12.9. The monoisotopic (exact) mass is 401 g/mol. The van der Waals surface area contributed by atoms with Crippen molar-refractivity contribution in [2.75, 3.05) is 6.54 Å². The molecule has 3 heterocycles. The summed E-state index contributed by atoms with van der Waals surface area (Å²) in [6, 6.07) is 6.96. The van der Waals surface area contributed by atoms with Gasteiger partial charge in [-0.3, -0.25) is 9.48 Å². The number of amides is 1. The molecule has 0 N–H and O–H groups in total. The van der Waals surface area contributed by atoms with Crippen LogP contribution in [0.2, 0.25) is 5.02 Å². The first kappa shape index (κ1) is 18.5. The molecule has 1 aliphatic rings. The molecule has 3 aromatic rings. The first-order chi connectivity index (χ1) is 13.4. The van der Waals surface area contributed by atoms with Crippen molar-refractivity contribution in [1.82, 2.24) is 24.8 Å². The number of carbonyl (C=O) groups excluding carboxylic acids is 1. The van der Waals surface area contributed by atoms with Crippen LogP contribution in [0.25, 0.3) is 11.6 Å². The van der Waals surface area contributed by atoms with Gasteiger partial charge in [-0.05, 0) is 38.1 Å². The number of ether oxygens (including phenoxy) is 1. The molecule has 0 spiro atoms. The molecule has 0 aliphatic carbocycles. The zero-order valence-corrected chi connectivity index (χ0v) is 16.6. The quantitative estimate of drug-likeness (QED) is 0.668. The van der Waals surface area contributed by atoms with E-state index in [4.69, 9.17) is 20.9 Å². The van der Waals surface area contributed by atoms with E-state index in [9.17, 15) is 4.79 Å². The predicted octanol–water partition coefficient (Wildman–Crippen LogP) is 2.78. The van der Waals surface area contributed by atoms with Gasteiger partial charge in [-0.2, -0.15) is 10.1 Å². The molecule has 1 aromatic carbocycles. The fourth-order valence-electron chi connectivity index (χ4n) is 3.37. The van der Waals surface area contributed by atoms with Crippen LogP contribution in [0, 0.1) is 6.92 Å². The Labute approximate surface area is 167 Å². The van der Waals surface area contributed by atoms with E-state index in [-0.39, 0.29) is 5.91 Å². The fraction of sp³-hybridized carbons (Fsp3) is 0.368. The average molecular weight is 402 g/mol. The maximum Gasteiger partial charge on any atom is 0.278 e. The number of hydrogen-bond donors (Lipinski definition) is 0. The van der Waals surface area contributed by atoms with E-state index in [0.717, 1.165) is 11.3 Å². The second kappa shape index (κ2) is 7.27. The third-order valence-electron chi connectivity index (χ3n) is 4.76. The smallest absolute Gasteiger partial charge is 0.278 e. The number of aryl methyl sites for hydroxylation is 2. The molecule has 28 heavy (non-hydrogen) atoms. The van der Waals surface area contributed by atoms with Crippen LogP contribution in [0.4, 0.5) is 0 Å². The van der Waals surface area contributed by atoms with Crippen LogP contribution in [-0.4, -0.2) is 43.4 Å². The largest absolute Gasteiger partial charge is 0.481 e. The molecule has 8 nitrogen and oxygen atoms in total. The lowest BCUT2D eigenvalue weighted by atomic mass is 10.0. The minimum Gasteiger partial charge on any atom is -0.481 e. The van der Waals surface area contributed by atoms with E-state index < -0.39 is 6.10 Å². The van der Waals surface area contributed by atoms with Gasteiger partial charge in [0.2, 0.25) is 0 Å². The minimum absolute atomic E-state index is 0.0860. The van der Waals surface area contributed by atoms with E-state index in [2.05, 4.69) is 15.2 Å². The Kier molecular flexibility index (Phi) is 4.80. The molecule has 1 aliphatic heterocycles. The second-order valence-electron chi connectivity index (χ2n) is 6.77. The molecular weight excluding hydrogens is 382 g/mol. The number of halogens is 1. The van der Waals surface area contributed by atoms with Crippen molar-refractivity contribution in [2.24, 2.45) is 7.05 Å². The molecule has 0 saturated heterocycles. The Morgan fingerprint density at radius 1 is 1.32 bits per heavy atom. The zero-order chi connectivity index (χ0) is 19.8. The van der Waals surface area contributed by atoms with E-state index in [1.165, 1.54) is 0 Å². The van der Waals surface area contributed by atoms with Crippen molar-refractivity contribution >= 4 is 17.5 Å².